The molecule has 0 saturated heterocycles. The Labute approximate surface area is 188 Å². The summed E-state index contributed by atoms with van der Waals surface area (Å²) in [5.74, 6) is 0.387. The minimum Gasteiger partial charge on any atom is -0.480 e. The van der Waals surface area contributed by atoms with E-state index in [2.05, 4.69) is 26.1 Å². The topological polar surface area (TPSA) is 118 Å². The Hall–Kier alpha value is -3.70. The molecule has 0 aliphatic carbocycles. The smallest absolute Gasteiger partial charge is 0.278 e. The summed E-state index contributed by atoms with van der Waals surface area (Å²) >= 11 is 0. The number of carbonyl (C=O) groups excluding carboxylic acids is 1. The Balaban J connectivity index is 2.02. The van der Waals surface area contributed by atoms with E-state index in [1.807, 2.05) is 24.3 Å². The molecule has 0 aliphatic rings. The van der Waals surface area contributed by atoms with Crippen LogP contribution in [0.15, 0.2) is 54.9 Å². The van der Waals surface area contributed by atoms with Crippen molar-refractivity contribution in [1.29, 1.82) is 0 Å². The van der Waals surface area contributed by atoms with Crippen LogP contribution in [-0.4, -0.2) is 47.6 Å². The number of methoxy groups -OCH3 is 1. The number of ether oxygens (including phenoxy) is 1. The molecule has 0 fully saturated rings. The molecule has 2 heterocycles. The molecule has 0 radical (unpaired) electrons. The highest BCUT2D eigenvalue weighted by Crippen LogP contribution is 2.32. The number of nitrogens with one attached hydrogen (secondary N) is 3. The third-order valence-electron chi connectivity index (χ3n) is 4.47. The summed E-state index contributed by atoms with van der Waals surface area (Å²) in [5, 5.41) is 6.39. The monoisotopic (exact) mass is 456 g/mol. The fourth-order valence-electron chi connectivity index (χ4n) is 2.88. The maximum atomic E-state index is 12.5. The summed E-state index contributed by atoms with van der Waals surface area (Å²) < 4.78 is 18.9. The first-order chi connectivity index (χ1) is 15.4. The largest absolute Gasteiger partial charge is 0.480 e. The molecule has 0 bridgehead atoms. The van der Waals surface area contributed by atoms with Gasteiger partial charge in [-0.3, -0.25) is 13.9 Å². The molecule has 0 aliphatic heterocycles. The summed E-state index contributed by atoms with van der Waals surface area (Å²) in [6.07, 6.45) is 4.63. The second-order valence-corrected chi connectivity index (χ2v) is 7.89. The van der Waals surface area contributed by atoms with Gasteiger partial charge in [0.1, 0.15) is 22.5 Å². The predicted molar refractivity (Wildman–Crippen MR) is 125 cm³/mol. The average molecular weight is 457 g/mol. The van der Waals surface area contributed by atoms with Crippen molar-refractivity contribution in [3.63, 3.8) is 0 Å². The molecule has 0 saturated carbocycles. The highest BCUT2D eigenvalue weighted by atomic mass is 32.2. The third kappa shape index (κ3) is 5.31. The van der Waals surface area contributed by atoms with E-state index in [4.69, 9.17) is 9.57 Å². The van der Waals surface area contributed by atoms with Crippen LogP contribution in [0, 0.1) is 0 Å². The minimum absolute atomic E-state index is 0.255. The predicted octanol–water partition coefficient (Wildman–Crippen LogP) is 2.99. The highest BCUT2D eigenvalue weighted by molar-refractivity contribution is 7.85. The van der Waals surface area contributed by atoms with E-state index in [1.54, 1.807) is 42.0 Å². The van der Waals surface area contributed by atoms with Crippen LogP contribution in [0.1, 0.15) is 10.4 Å². The van der Waals surface area contributed by atoms with Gasteiger partial charge in [-0.2, -0.15) is 0 Å². The van der Waals surface area contributed by atoms with Crippen molar-refractivity contribution in [1.82, 2.24) is 15.4 Å². The second kappa shape index (κ2) is 10.6. The zero-order valence-electron chi connectivity index (χ0n) is 18.1. The molecule has 0 spiro atoms. The number of carbonyl (C=O) groups is 1. The fraction of sp³-hybridized carbons (Fsp3) is 0.190. The van der Waals surface area contributed by atoms with E-state index in [-0.39, 0.29) is 5.56 Å². The van der Waals surface area contributed by atoms with Crippen LogP contribution in [0.4, 0.5) is 28.6 Å². The van der Waals surface area contributed by atoms with Crippen molar-refractivity contribution >= 4 is 45.5 Å². The first-order valence-corrected chi connectivity index (χ1v) is 11.0. The van der Waals surface area contributed by atoms with Crippen LogP contribution in [0.25, 0.3) is 0 Å². The summed E-state index contributed by atoms with van der Waals surface area (Å²) in [4.78, 5) is 25.8. The van der Waals surface area contributed by atoms with Crippen LogP contribution in [0.2, 0.25) is 0 Å². The Bertz CT molecular complexity index is 1130. The van der Waals surface area contributed by atoms with Crippen molar-refractivity contribution in [2.24, 2.45) is 0 Å². The molecule has 3 rings (SSSR count). The Morgan fingerprint density at radius 1 is 1.03 bits per heavy atom. The fourth-order valence-corrected chi connectivity index (χ4v) is 3.32. The lowest BCUT2D eigenvalue weighted by Crippen LogP contribution is -2.23. The van der Waals surface area contributed by atoms with Gasteiger partial charge >= 0.3 is 0 Å². The molecule has 1 atom stereocenters. The quantitative estimate of drug-likeness (QED) is 0.421. The number of para-hydroxylation sites is 2. The summed E-state index contributed by atoms with van der Waals surface area (Å²) in [6.45, 7) is 0. The Morgan fingerprint density at radius 3 is 2.50 bits per heavy atom. The SMILES string of the molecule is CONC(=O)c1cnc(Nc2cccnc2OC)cc1Nc1ccccc1N(C)S(C)=O. The van der Waals surface area contributed by atoms with E-state index < -0.39 is 16.9 Å². The van der Waals surface area contributed by atoms with Gasteiger partial charge < -0.3 is 15.4 Å². The number of hydrogen-bond donors (Lipinski definition) is 3. The molecule has 1 aromatic carbocycles. The zero-order chi connectivity index (χ0) is 23.1. The van der Waals surface area contributed by atoms with Crippen LogP contribution in [-0.2, 0) is 15.8 Å². The Kier molecular flexibility index (Phi) is 7.58. The van der Waals surface area contributed by atoms with Crippen LogP contribution < -0.4 is 25.2 Å². The maximum Gasteiger partial charge on any atom is 0.278 e. The summed E-state index contributed by atoms with van der Waals surface area (Å²) in [6, 6.07) is 12.6. The van der Waals surface area contributed by atoms with E-state index >= 15 is 0 Å². The number of amides is 1. The van der Waals surface area contributed by atoms with Crippen molar-refractivity contribution in [3.05, 3.63) is 60.4 Å². The van der Waals surface area contributed by atoms with Crippen LogP contribution in [0.3, 0.4) is 0 Å². The third-order valence-corrected chi connectivity index (χ3v) is 5.44. The van der Waals surface area contributed by atoms with Crippen molar-refractivity contribution in [3.8, 4) is 5.88 Å². The molecule has 10 nitrogen and oxygen atoms in total. The lowest BCUT2D eigenvalue weighted by Gasteiger charge is -2.21. The number of anilines is 5. The van der Waals surface area contributed by atoms with Gasteiger partial charge in [-0.25, -0.2) is 19.7 Å². The molecule has 168 valence electrons. The van der Waals surface area contributed by atoms with Crippen molar-refractivity contribution in [2.75, 3.05) is 42.5 Å². The molecular formula is C21H24N6O4S. The standard InChI is InChI=1S/C21H24N6O4S/c1-27(32(4)29)18-10-6-5-8-15(18)24-17-12-19(23-13-14(17)20(28)26-31-3)25-16-9-7-11-22-21(16)30-2/h5-13H,1-4H3,(H,26,28)(H2,23,24,25). The molecular weight excluding hydrogens is 432 g/mol. The van der Waals surface area contributed by atoms with E-state index in [0.717, 1.165) is 0 Å². The molecule has 32 heavy (non-hydrogen) atoms. The van der Waals surface area contributed by atoms with Crippen LogP contribution >= 0.6 is 0 Å². The number of hydrogen-bond acceptors (Lipinski definition) is 8. The number of rotatable bonds is 9. The first kappa shape index (κ1) is 23.0. The molecule has 3 aromatic rings. The van der Waals surface area contributed by atoms with Gasteiger partial charge in [0.05, 0.1) is 36.8 Å². The second-order valence-electron chi connectivity index (χ2n) is 6.50. The van der Waals surface area contributed by atoms with Crippen molar-refractivity contribution < 1.29 is 18.6 Å². The lowest BCUT2D eigenvalue weighted by molar-refractivity contribution is 0.0538. The number of benzene rings is 1. The number of nitrogens with zero attached hydrogens (tertiary/aromatic N) is 3. The average Bonchev–Trinajstić information content (AvgIpc) is 2.79. The van der Waals surface area contributed by atoms with E-state index in [9.17, 15) is 9.00 Å². The first-order valence-electron chi connectivity index (χ1n) is 9.47. The molecule has 1 amide bonds. The number of hydroxylamine groups is 1. The number of aromatic nitrogens is 2. The van der Waals surface area contributed by atoms with Gasteiger partial charge in [0.2, 0.25) is 5.88 Å². The van der Waals surface area contributed by atoms with Crippen molar-refractivity contribution in [2.45, 2.75) is 0 Å². The van der Waals surface area contributed by atoms with Gasteiger partial charge in [-0.05, 0) is 24.3 Å². The van der Waals surface area contributed by atoms with Gasteiger partial charge in [-0.1, -0.05) is 12.1 Å². The van der Waals surface area contributed by atoms with Gasteiger partial charge in [0.25, 0.3) is 5.91 Å². The Morgan fingerprint density at radius 2 is 1.78 bits per heavy atom. The maximum absolute atomic E-state index is 12.5. The molecule has 11 heteroatoms. The van der Waals surface area contributed by atoms with E-state index in [1.165, 1.54) is 20.4 Å². The molecule has 2 aromatic heterocycles. The lowest BCUT2D eigenvalue weighted by atomic mass is 10.2. The van der Waals surface area contributed by atoms with Gasteiger partial charge in [-0.15, -0.1) is 0 Å². The minimum atomic E-state index is -1.23. The van der Waals surface area contributed by atoms with Gasteiger partial charge in [0.15, 0.2) is 0 Å². The van der Waals surface area contributed by atoms with E-state index in [0.29, 0.717) is 34.4 Å². The summed E-state index contributed by atoms with van der Waals surface area (Å²) in [5.41, 5.74) is 4.99. The molecule has 3 N–H and O–H groups in total. The summed E-state index contributed by atoms with van der Waals surface area (Å²) in [7, 11) is 3.37. The van der Waals surface area contributed by atoms with Crippen LogP contribution in [0.5, 0.6) is 5.88 Å². The van der Waals surface area contributed by atoms with Gasteiger partial charge in [0, 0.05) is 31.8 Å². The molecule has 1 unspecified atom stereocenters. The zero-order valence-corrected chi connectivity index (χ0v) is 18.9. The normalized spacial score (nSPS) is 11.4. The number of pyridine rings is 2. The highest BCUT2D eigenvalue weighted by Gasteiger charge is 2.17.